The molecule has 3 heterocycles. The van der Waals surface area contributed by atoms with Crippen LogP contribution in [0.5, 0.6) is 0 Å². The summed E-state index contributed by atoms with van der Waals surface area (Å²) in [7, 11) is 4.01. The minimum atomic E-state index is -0.643. The van der Waals surface area contributed by atoms with Crippen LogP contribution in [-0.2, 0) is 19.9 Å². The van der Waals surface area contributed by atoms with Crippen molar-refractivity contribution in [2.75, 3.05) is 50.4 Å². The summed E-state index contributed by atoms with van der Waals surface area (Å²) in [6.07, 6.45) is 5.09. The van der Waals surface area contributed by atoms with Crippen LogP contribution in [0.1, 0.15) is 34.2 Å². The first-order chi connectivity index (χ1) is 19.8. The fourth-order valence-corrected chi connectivity index (χ4v) is 5.09. The molecule has 4 aromatic rings. The van der Waals surface area contributed by atoms with Gasteiger partial charge in [0.15, 0.2) is 17.3 Å². The number of rotatable bonds is 10. The van der Waals surface area contributed by atoms with Gasteiger partial charge in [0.2, 0.25) is 0 Å². The van der Waals surface area contributed by atoms with E-state index in [0.29, 0.717) is 23.6 Å². The van der Waals surface area contributed by atoms with Crippen molar-refractivity contribution in [3.8, 4) is 11.1 Å². The lowest BCUT2D eigenvalue weighted by atomic mass is 9.98. The maximum Gasteiger partial charge on any atom is 0.271 e. The number of hydrogen-bond acceptors (Lipinski definition) is 8. The number of anilines is 4. The largest absolute Gasteiger partial charge is 0.364 e. The van der Waals surface area contributed by atoms with E-state index in [4.69, 9.17) is 10.7 Å². The van der Waals surface area contributed by atoms with Gasteiger partial charge in [0.1, 0.15) is 0 Å². The fourth-order valence-electron chi connectivity index (χ4n) is 5.09. The highest BCUT2D eigenvalue weighted by atomic mass is 16.1. The molecule has 10 heteroatoms. The number of primary amides is 1. The fraction of sp³-hybridized carbons (Fsp3) is 0.355. The summed E-state index contributed by atoms with van der Waals surface area (Å²) in [5, 5.41) is 10.7. The smallest absolute Gasteiger partial charge is 0.271 e. The Bertz CT molecular complexity index is 1500. The Labute approximate surface area is 241 Å². The Hall–Kier alpha value is -4.28. The van der Waals surface area contributed by atoms with Gasteiger partial charge in [-0.15, -0.1) is 0 Å². The topological polar surface area (TPSA) is 117 Å². The van der Waals surface area contributed by atoms with Gasteiger partial charge in [-0.1, -0.05) is 37.3 Å². The van der Waals surface area contributed by atoms with E-state index in [0.717, 1.165) is 50.4 Å². The third-order valence-corrected chi connectivity index (χ3v) is 7.62. The first kappa shape index (κ1) is 28.3. The van der Waals surface area contributed by atoms with E-state index in [1.54, 1.807) is 17.1 Å². The zero-order valence-corrected chi connectivity index (χ0v) is 24.3. The molecule has 1 aliphatic heterocycles. The number of nitrogens with two attached hydrogens (primary N) is 1. The molecule has 0 atom stereocenters. The van der Waals surface area contributed by atoms with E-state index in [2.05, 4.69) is 74.8 Å². The second kappa shape index (κ2) is 12.5. The molecule has 1 saturated heterocycles. The Morgan fingerprint density at radius 1 is 0.927 bits per heavy atom. The van der Waals surface area contributed by atoms with E-state index in [9.17, 15) is 4.79 Å². The predicted molar refractivity (Wildman–Crippen MR) is 164 cm³/mol. The molecule has 5 rings (SSSR count). The molecule has 10 nitrogen and oxygen atoms in total. The van der Waals surface area contributed by atoms with Crippen molar-refractivity contribution in [3.63, 3.8) is 0 Å². The minimum absolute atomic E-state index is 0.0916. The van der Waals surface area contributed by atoms with Gasteiger partial charge in [0.25, 0.3) is 5.91 Å². The van der Waals surface area contributed by atoms with Crippen molar-refractivity contribution in [1.29, 1.82) is 0 Å². The highest BCUT2D eigenvalue weighted by Crippen LogP contribution is 2.28. The number of hydrogen-bond donors (Lipinski definition) is 3. The summed E-state index contributed by atoms with van der Waals surface area (Å²) in [6.45, 7) is 9.88. The number of aryl methyl sites for hydroxylation is 3. The molecule has 4 N–H and O–H groups in total. The van der Waals surface area contributed by atoms with Crippen LogP contribution in [-0.4, -0.2) is 75.2 Å². The zero-order chi connectivity index (χ0) is 28.9. The zero-order valence-electron chi connectivity index (χ0n) is 24.3. The molecule has 1 amide bonds. The summed E-state index contributed by atoms with van der Waals surface area (Å²) < 4.78 is 1.66. The lowest BCUT2D eigenvalue weighted by molar-refractivity contribution is 0.0996. The van der Waals surface area contributed by atoms with Gasteiger partial charge in [-0.2, -0.15) is 5.10 Å². The molecule has 2 aromatic heterocycles. The molecular formula is C31H39N9O. The quantitative estimate of drug-likeness (QED) is 0.269. The van der Waals surface area contributed by atoms with Crippen LogP contribution in [0, 0.1) is 6.92 Å². The maximum atomic E-state index is 12.1. The highest BCUT2D eigenvalue weighted by molar-refractivity contribution is 5.96. The van der Waals surface area contributed by atoms with Gasteiger partial charge in [-0.3, -0.25) is 9.48 Å². The van der Waals surface area contributed by atoms with Gasteiger partial charge >= 0.3 is 0 Å². The van der Waals surface area contributed by atoms with Crippen molar-refractivity contribution in [1.82, 2.24) is 29.5 Å². The van der Waals surface area contributed by atoms with Gasteiger partial charge in [0, 0.05) is 51.7 Å². The number of amides is 1. The number of benzene rings is 2. The van der Waals surface area contributed by atoms with Crippen LogP contribution in [0.3, 0.4) is 0 Å². The van der Waals surface area contributed by atoms with Crippen LogP contribution >= 0.6 is 0 Å². The first-order valence-electron chi connectivity index (χ1n) is 14.1. The van der Waals surface area contributed by atoms with E-state index < -0.39 is 5.91 Å². The molecule has 0 saturated carbocycles. The molecule has 0 aliphatic carbocycles. The van der Waals surface area contributed by atoms with Crippen LogP contribution in [0.2, 0.25) is 0 Å². The SMILES string of the molecule is CCc1nc(C(N)=O)c(Nc2cnn(C)c2)nc1Nc1ccc(-c2ccc(CCN3CCN(C)CC3)c(C)c2)cc1. The maximum absolute atomic E-state index is 12.1. The third-order valence-electron chi connectivity index (χ3n) is 7.62. The third kappa shape index (κ3) is 6.90. The second-order valence-electron chi connectivity index (χ2n) is 10.7. The minimum Gasteiger partial charge on any atom is -0.364 e. The van der Waals surface area contributed by atoms with Crippen molar-refractivity contribution in [3.05, 3.63) is 77.4 Å². The molecule has 0 bridgehead atoms. The van der Waals surface area contributed by atoms with Gasteiger partial charge < -0.3 is 26.2 Å². The Morgan fingerprint density at radius 2 is 1.63 bits per heavy atom. The van der Waals surface area contributed by atoms with Gasteiger partial charge in [-0.25, -0.2) is 9.97 Å². The van der Waals surface area contributed by atoms with Gasteiger partial charge in [-0.05, 0) is 61.2 Å². The standard InChI is InChI=1S/C31H39N9O/c1-5-27-30(37-31(28(36-27)29(32)41)35-26-19-33-39(4)20-26)34-25-10-8-23(9-11-25)24-7-6-22(21(2)18-24)12-13-40-16-14-38(3)15-17-40/h6-11,18-20H,5,12-17H2,1-4H3,(H2,32,41)(H2,34,35,37). The number of nitrogens with zero attached hydrogens (tertiary/aromatic N) is 6. The Morgan fingerprint density at radius 3 is 2.27 bits per heavy atom. The van der Waals surface area contributed by atoms with Crippen molar-refractivity contribution in [2.45, 2.75) is 26.7 Å². The summed E-state index contributed by atoms with van der Waals surface area (Å²) in [5.74, 6) is 0.206. The number of aromatic nitrogens is 4. The average Bonchev–Trinajstić information content (AvgIpc) is 3.38. The monoisotopic (exact) mass is 553 g/mol. The van der Waals surface area contributed by atoms with Crippen molar-refractivity contribution in [2.24, 2.45) is 12.8 Å². The van der Waals surface area contributed by atoms with E-state index >= 15 is 0 Å². The molecule has 214 valence electrons. The van der Waals surface area contributed by atoms with Crippen LogP contribution < -0.4 is 16.4 Å². The Balaban J connectivity index is 1.29. The lowest BCUT2D eigenvalue weighted by Gasteiger charge is -2.32. The van der Waals surface area contributed by atoms with Crippen LogP contribution in [0.4, 0.5) is 23.0 Å². The summed E-state index contributed by atoms with van der Waals surface area (Å²) in [4.78, 5) is 26.3. The Kier molecular flexibility index (Phi) is 8.61. The normalized spacial score (nSPS) is 14.2. The predicted octanol–water partition coefficient (Wildman–Crippen LogP) is 4.12. The molecule has 1 fully saturated rings. The van der Waals surface area contributed by atoms with E-state index in [1.165, 1.54) is 16.7 Å². The van der Waals surface area contributed by atoms with Crippen molar-refractivity contribution < 1.29 is 4.79 Å². The molecule has 0 radical (unpaired) electrons. The molecule has 1 aliphatic rings. The molecular weight excluding hydrogens is 514 g/mol. The number of piperazine rings is 1. The lowest BCUT2D eigenvalue weighted by Crippen LogP contribution is -2.45. The first-order valence-corrected chi connectivity index (χ1v) is 14.1. The van der Waals surface area contributed by atoms with E-state index in [1.807, 2.05) is 26.1 Å². The van der Waals surface area contributed by atoms with Gasteiger partial charge in [0.05, 0.1) is 17.6 Å². The number of carbonyl (C=O) groups excluding carboxylic acids is 1. The van der Waals surface area contributed by atoms with Crippen LogP contribution in [0.25, 0.3) is 11.1 Å². The van der Waals surface area contributed by atoms with E-state index in [-0.39, 0.29) is 11.5 Å². The average molecular weight is 554 g/mol. The van der Waals surface area contributed by atoms with Crippen molar-refractivity contribution >= 4 is 28.9 Å². The molecule has 2 aromatic carbocycles. The number of carbonyl (C=O) groups is 1. The molecule has 0 unspecified atom stereocenters. The second-order valence-corrected chi connectivity index (χ2v) is 10.7. The summed E-state index contributed by atoms with van der Waals surface area (Å²) in [6, 6.07) is 15.0. The molecule has 0 spiro atoms. The number of likely N-dealkylation sites (N-methyl/N-ethyl adjacent to an activating group) is 1. The summed E-state index contributed by atoms with van der Waals surface area (Å²) in [5.41, 5.74) is 13.0. The molecule has 41 heavy (non-hydrogen) atoms. The van der Waals surface area contributed by atoms with Crippen LogP contribution in [0.15, 0.2) is 54.9 Å². The summed E-state index contributed by atoms with van der Waals surface area (Å²) >= 11 is 0. The number of nitrogens with one attached hydrogen (secondary N) is 2. The highest BCUT2D eigenvalue weighted by Gasteiger charge is 2.18.